The number of anilines is 1. The Labute approximate surface area is 122 Å². The van der Waals surface area contributed by atoms with Crippen molar-refractivity contribution in [1.82, 2.24) is 4.90 Å². The molecular formula is C16H27N3O. The minimum atomic E-state index is 0.575. The lowest BCUT2D eigenvalue weighted by atomic mass is 10.1. The fourth-order valence-electron chi connectivity index (χ4n) is 3.14. The summed E-state index contributed by atoms with van der Waals surface area (Å²) in [4.78, 5) is 5.00. The molecule has 2 rings (SSSR count). The highest BCUT2D eigenvalue weighted by molar-refractivity contribution is 5.58. The molecule has 0 saturated carbocycles. The summed E-state index contributed by atoms with van der Waals surface area (Å²) < 4.78 is 5.35. The van der Waals surface area contributed by atoms with Gasteiger partial charge in [-0.3, -0.25) is 4.90 Å². The lowest BCUT2D eigenvalue weighted by Gasteiger charge is -2.27. The molecular weight excluding hydrogens is 250 g/mol. The fourth-order valence-corrected chi connectivity index (χ4v) is 3.14. The monoisotopic (exact) mass is 277 g/mol. The Balaban J connectivity index is 2.16. The molecule has 1 aliphatic rings. The van der Waals surface area contributed by atoms with Crippen LogP contribution in [0.15, 0.2) is 18.2 Å². The maximum atomic E-state index is 5.88. The van der Waals surface area contributed by atoms with Crippen LogP contribution in [-0.2, 0) is 6.54 Å². The smallest absolute Gasteiger partial charge is 0.120 e. The number of ether oxygens (including phenoxy) is 1. The first-order valence-electron chi connectivity index (χ1n) is 7.59. The molecule has 1 aliphatic heterocycles. The standard InChI is InChI=1S/C16H27N3O/c1-4-18(5-2)14-8-9-19(12-14)16-10-15(20-3)7-6-13(16)11-17/h6-7,10,14H,4-5,8-9,11-12,17H2,1-3H3. The molecule has 0 spiro atoms. The lowest BCUT2D eigenvalue weighted by Crippen LogP contribution is -2.37. The van der Waals surface area contributed by atoms with Crippen LogP contribution >= 0.6 is 0 Å². The van der Waals surface area contributed by atoms with Crippen molar-refractivity contribution in [2.24, 2.45) is 5.73 Å². The Morgan fingerprint density at radius 1 is 1.35 bits per heavy atom. The summed E-state index contributed by atoms with van der Waals surface area (Å²) in [6.45, 7) is 9.48. The number of benzene rings is 1. The zero-order chi connectivity index (χ0) is 14.5. The van der Waals surface area contributed by atoms with Crippen molar-refractivity contribution in [3.05, 3.63) is 23.8 Å². The summed E-state index contributed by atoms with van der Waals surface area (Å²) in [6.07, 6.45) is 1.23. The quantitative estimate of drug-likeness (QED) is 0.864. The third-order valence-corrected chi connectivity index (χ3v) is 4.35. The SMILES string of the molecule is CCN(CC)C1CCN(c2cc(OC)ccc2CN)C1. The molecule has 1 saturated heterocycles. The number of rotatable bonds is 6. The van der Waals surface area contributed by atoms with Crippen molar-refractivity contribution >= 4 is 5.69 Å². The molecule has 1 aromatic rings. The van der Waals surface area contributed by atoms with Gasteiger partial charge in [-0.1, -0.05) is 19.9 Å². The Morgan fingerprint density at radius 2 is 2.10 bits per heavy atom. The summed E-state index contributed by atoms with van der Waals surface area (Å²) in [7, 11) is 1.71. The molecule has 1 fully saturated rings. The van der Waals surface area contributed by atoms with E-state index in [1.54, 1.807) is 7.11 Å². The van der Waals surface area contributed by atoms with E-state index >= 15 is 0 Å². The van der Waals surface area contributed by atoms with Crippen LogP contribution in [0.3, 0.4) is 0 Å². The summed E-state index contributed by atoms with van der Waals surface area (Å²) >= 11 is 0. The largest absolute Gasteiger partial charge is 0.497 e. The summed E-state index contributed by atoms with van der Waals surface area (Å²) in [5, 5.41) is 0. The number of nitrogens with two attached hydrogens (primary N) is 1. The van der Waals surface area contributed by atoms with Crippen molar-refractivity contribution in [2.45, 2.75) is 32.9 Å². The zero-order valence-corrected chi connectivity index (χ0v) is 12.9. The van der Waals surface area contributed by atoms with E-state index in [0.29, 0.717) is 12.6 Å². The molecule has 2 N–H and O–H groups in total. The number of methoxy groups -OCH3 is 1. The molecule has 4 nitrogen and oxygen atoms in total. The van der Waals surface area contributed by atoms with Crippen molar-refractivity contribution in [2.75, 3.05) is 38.2 Å². The molecule has 0 aromatic heterocycles. The first-order chi connectivity index (χ1) is 9.73. The van der Waals surface area contributed by atoms with E-state index in [4.69, 9.17) is 10.5 Å². The first-order valence-corrected chi connectivity index (χ1v) is 7.59. The highest BCUT2D eigenvalue weighted by Crippen LogP contribution is 2.30. The molecule has 1 heterocycles. The topological polar surface area (TPSA) is 41.7 Å². The second-order valence-electron chi connectivity index (χ2n) is 5.31. The van der Waals surface area contributed by atoms with Gasteiger partial charge in [-0.15, -0.1) is 0 Å². The van der Waals surface area contributed by atoms with E-state index in [1.807, 2.05) is 6.07 Å². The van der Waals surface area contributed by atoms with Gasteiger partial charge in [0, 0.05) is 37.4 Å². The van der Waals surface area contributed by atoms with Gasteiger partial charge in [0.05, 0.1) is 7.11 Å². The van der Waals surface area contributed by atoms with Crippen LogP contribution in [-0.4, -0.2) is 44.2 Å². The van der Waals surface area contributed by atoms with Gasteiger partial charge >= 0.3 is 0 Å². The molecule has 4 heteroatoms. The number of likely N-dealkylation sites (N-methyl/N-ethyl adjacent to an activating group) is 1. The van der Waals surface area contributed by atoms with E-state index in [0.717, 1.165) is 31.9 Å². The highest BCUT2D eigenvalue weighted by atomic mass is 16.5. The Bertz CT molecular complexity index is 432. The first kappa shape index (κ1) is 15.1. The van der Waals surface area contributed by atoms with Gasteiger partial charge in [0.25, 0.3) is 0 Å². The maximum absolute atomic E-state index is 5.88. The van der Waals surface area contributed by atoms with E-state index in [1.165, 1.54) is 17.7 Å². The predicted octanol–water partition coefficient (Wildman–Crippen LogP) is 2.07. The van der Waals surface area contributed by atoms with Crippen LogP contribution in [0.4, 0.5) is 5.69 Å². The van der Waals surface area contributed by atoms with Gasteiger partial charge in [0.15, 0.2) is 0 Å². The van der Waals surface area contributed by atoms with Gasteiger partial charge in [0.2, 0.25) is 0 Å². The van der Waals surface area contributed by atoms with Crippen molar-refractivity contribution in [3.8, 4) is 5.75 Å². The number of nitrogens with zero attached hydrogens (tertiary/aromatic N) is 2. The highest BCUT2D eigenvalue weighted by Gasteiger charge is 2.27. The van der Waals surface area contributed by atoms with E-state index < -0.39 is 0 Å². The van der Waals surface area contributed by atoms with E-state index in [2.05, 4.69) is 35.8 Å². The van der Waals surface area contributed by atoms with Crippen molar-refractivity contribution in [1.29, 1.82) is 0 Å². The minimum Gasteiger partial charge on any atom is -0.497 e. The maximum Gasteiger partial charge on any atom is 0.120 e. The zero-order valence-electron chi connectivity index (χ0n) is 12.9. The van der Waals surface area contributed by atoms with E-state index in [9.17, 15) is 0 Å². The Hall–Kier alpha value is -1.26. The minimum absolute atomic E-state index is 0.575. The Morgan fingerprint density at radius 3 is 2.70 bits per heavy atom. The van der Waals surface area contributed by atoms with Gasteiger partial charge in [-0.05, 0) is 31.1 Å². The summed E-state index contributed by atoms with van der Waals surface area (Å²) in [5.41, 5.74) is 8.32. The third kappa shape index (κ3) is 3.07. The lowest BCUT2D eigenvalue weighted by molar-refractivity contribution is 0.232. The Kier molecular flexibility index (Phi) is 5.26. The average Bonchev–Trinajstić information content (AvgIpc) is 2.97. The molecule has 0 aliphatic carbocycles. The van der Waals surface area contributed by atoms with E-state index in [-0.39, 0.29) is 0 Å². The van der Waals surface area contributed by atoms with Crippen LogP contribution in [0.25, 0.3) is 0 Å². The normalized spacial score (nSPS) is 18.9. The molecule has 0 radical (unpaired) electrons. The second kappa shape index (κ2) is 6.95. The average molecular weight is 277 g/mol. The second-order valence-corrected chi connectivity index (χ2v) is 5.31. The fraction of sp³-hybridized carbons (Fsp3) is 0.625. The number of hydrogen-bond acceptors (Lipinski definition) is 4. The molecule has 20 heavy (non-hydrogen) atoms. The third-order valence-electron chi connectivity index (χ3n) is 4.35. The van der Waals surface area contributed by atoms with Crippen LogP contribution in [0.2, 0.25) is 0 Å². The molecule has 112 valence electrons. The molecule has 0 amide bonds. The van der Waals surface area contributed by atoms with Crippen LogP contribution < -0.4 is 15.4 Å². The summed E-state index contributed by atoms with van der Waals surface area (Å²) in [6, 6.07) is 6.84. The van der Waals surface area contributed by atoms with Crippen LogP contribution in [0, 0.1) is 0 Å². The predicted molar refractivity (Wildman–Crippen MR) is 84.4 cm³/mol. The molecule has 1 aromatic carbocycles. The van der Waals surface area contributed by atoms with Gasteiger partial charge in [-0.25, -0.2) is 0 Å². The number of hydrogen-bond donors (Lipinski definition) is 1. The molecule has 0 bridgehead atoms. The van der Waals surface area contributed by atoms with Crippen molar-refractivity contribution in [3.63, 3.8) is 0 Å². The van der Waals surface area contributed by atoms with Gasteiger partial charge in [0.1, 0.15) is 5.75 Å². The van der Waals surface area contributed by atoms with Crippen LogP contribution in [0.1, 0.15) is 25.8 Å². The molecule has 1 atom stereocenters. The summed E-state index contributed by atoms with van der Waals surface area (Å²) in [5.74, 6) is 0.906. The molecule has 1 unspecified atom stereocenters. The van der Waals surface area contributed by atoms with Gasteiger partial charge < -0.3 is 15.4 Å². The van der Waals surface area contributed by atoms with Crippen LogP contribution in [0.5, 0.6) is 5.75 Å². The van der Waals surface area contributed by atoms with Crippen molar-refractivity contribution < 1.29 is 4.74 Å². The van der Waals surface area contributed by atoms with Gasteiger partial charge in [-0.2, -0.15) is 0 Å².